The monoisotopic (exact) mass is 338 g/mol. The molecule has 0 saturated heterocycles. The molecule has 0 spiro atoms. The highest BCUT2D eigenvalue weighted by molar-refractivity contribution is 6.43. The lowest BCUT2D eigenvalue weighted by Gasteiger charge is -2.13. The summed E-state index contributed by atoms with van der Waals surface area (Å²) < 4.78 is 0. The molecule has 0 fully saturated rings. The van der Waals surface area contributed by atoms with Crippen molar-refractivity contribution in [3.8, 4) is 11.1 Å². The van der Waals surface area contributed by atoms with Gasteiger partial charge >= 0.3 is 0 Å². The van der Waals surface area contributed by atoms with E-state index in [0.29, 0.717) is 30.7 Å². The average molecular weight is 340 g/mol. The minimum Gasteiger partial charge on any atom is -0.0843 e. The van der Waals surface area contributed by atoms with E-state index < -0.39 is 0 Å². The van der Waals surface area contributed by atoms with Crippen molar-refractivity contribution in [2.75, 3.05) is 0 Å². The Labute approximate surface area is 130 Å². The van der Waals surface area contributed by atoms with Gasteiger partial charge < -0.3 is 0 Å². The van der Waals surface area contributed by atoms with Crippen molar-refractivity contribution in [2.24, 2.45) is 0 Å². The Hall–Kier alpha value is -0.110. The van der Waals surface area contributed by atoms with Crippen molar-refractivity contribution in [3.05, 3.63) is 54.9 Å². The minimum atomic E-state index is 0.458. The molecule has 0 aliphatic carbocycles. The molecule has 0 amide bonds. The molecule has 0 N–H and O–H groups in total. The first-order valence-corrected chi connectivity index (χ1v) is 6.89. The average Bonchev–Trinajstić information content (AvgIpc) is 2.20. The molecule has 2 aromatic carbocycles. The van der Waals surface area contributed by atoms with Crippen LogP contribution in [-0.2, 0) is 0 Å². The van der Waals surface area contributed by atoms with E-state index in [2.05, 4.69) is 0 Å². The third-order valence-electron chi connectivity index (χ3n) is 2.51. The van der Waals surface area contributed by atoms with Crippen LogP contribution in [0.3, 0.4) is 0 Å². The van der Waals surface area contributed by atoms with Crippen LogP contribution in [0.1, 0.15) is 5.56 Å². The lowest BCUT2D eigenvalue weighted by Crippen LogP contribution is -1.88. The summed E-state index contributed by atoms with van der Waals surface area (Å²) in [5.74, 6) is 0. The van der Waals surface area contributed by atoms with Crippen LogP contribution in [0.15, 0.2) is 24.3 Å². The molecular weight excluding hydrogens is 333 g/mol. The maximum absolute atomic E-state index is 6.22. The van der Waals surface area contributed by atoms with Gasteiger partial charge in [-0.3, -0.25) is 0 Å². The van der Waals surface area contributed by atoms with E-state index in [4.69, 9.17) is 58.0 Å². The van der Waals surface area contributed by atoms with E-state index in [0.717, 1.165) is 11.1 Å². The molecule has 2 rings (SSSR count). The maximum Gasteiger partial charge on any atom is 0.0514 e. The van der Waals surface area contributed by atoms with Crippen molar-refractivity contribution < 1.29 is 0 Å². The van der Waals surface area contributed by atoms with E-state index >= 15 is 0 Å². The molecule has 94 valence electrons. The molecule has 18 heavy (non-hydrogen) atoms. The number of hydrogen-bond donors (Lipinski definition) is 0. The highest BCUT2D eigenvalue weighted by Gasteiger charge is 2.16. The first-order chi connectivity index (χ1) is 8.40. The van der Waals surface area contributed by atoms with Crippen molar-refractivity contribution >= 4 is 58.0 Å². The number of halogens is 5. The van der Waals surface area contributed by atoms with E-state index in [1.807, 2.05) is 13.0 Å². The Bertz CT molecular complexity index is 517. The van der Waals surface area contributed by atoms with Crippen LogP contribution in [0, 0.1) is 6.92 Å². The SMILES string of the molecule is Cc1cc(Cl)cc(Cl)c1-c1c(Cl)cc(Cl)cc1Cl. The van der Waals surface area contributed by atoms with E-state index in [1.165, 1.54) is 0 Å². The fourth-order valence-corrected chi connectivity index (χ4v) is 3.50. The predicted octanol–water partition coefficient (Wildman–Crippen LogP) is 6.93. The summed E-state index contributed by atoms with van der Waals surface area (Å²) in [5, 5.41) is 2.48. The molecule has 5 heteroatoms. The molecule has 0 radical (unpaired) electrons. The molecule has 0 aromatic heterocycles. The lowest BCUT2D eigenvalue weighted by molar-refractivity contribution is 1.46. The van der Waals surface area contributed by atoms with Gasteiger partial charge in [0.2, 0.25) is 0 Å². The first kappa shape index (κ1) is 14.3. The summed E-state index contributed by atoms with van der Waals surface area (Å²) in [7, 11) is 0. The predicted molar refractivity (Wildman–Crippen MR) is 81.7 cm³/mol. The minimum absolute atomic E-state index is 0.458. The Kier molecular flexibility index (Phi) is 4.36. The fourth-order valence-electron chi connectivity index (χ4n) is 1.80. The van der Waals surface area contributed by atoms with Gasteiger partial charge in [0.15, 0.2) is 0 Å². The van der Waals surface area contributed by atoms with E-state index in [1.54, 1.807) is 18.2 Å². The summed E-state index contributed by atoms with van der Waals surface area (Å²) in [4.78, 5) is 0. The fraction of sp³-hybridized carbons (Fsp3) is 0.0769. The quantitative estimate of drug-likeness (QED) is 0.528. The second-order valence-corrected chi connectivity index (χ2v) is 5.92. The number of hydrogen-bond acceptors (Lipinski definition) is 0. The highest BCUT2D eigenvalue weighted by atomic mass is 35.5. The normalized spacial score (nSPS) is 10.8. The van der Waals surface area contributed by atoms with Crippen LogP contribution in [0.25, 0.3) is 11.1 Å². The number of aryl methyl sites for hydroxylation is 1. The maximum atomic E-state index is 6.22. The van der Waals surface area contributed by atoms with Crippen LogP contribution < -0.4 is 0 Å². The van der Waals surface area contributed by atoms with Gasteiger partial charge in [-0.15, -0.1) is 0 Å². The summed E-state index contributed by atoms with van der Waals surface area (Å²) in [6, 6.07) is 6.74. The first-order valence-electron chi connectivity index (χ1n) is 5.00. The number of rotatable bonds is 1. The zero-order valence-electron chi connectivity index (χ0n) is 9.20. The summed E-state index contributed by atoms with van der Waals surface area (Å²) in [6.07, 6.45) is 0. The van der Waals surface area contributed by atoms with E-state index in [9.17, 15) is 0 Å². The topological polar surface area (TPSA) is 0 Å². The zero-order chi connectivity index (χ0) is 13.4. The molecule has 0 nitrogen and oxygen atoms in total. The molecule has 0 aliphatic rings. The third-order valence-corrected chi connectivity index (χ3v) is 3.84. The van der Waals surface area contributed by atoms with Gasteiger partial charge in [0.25, 0.3) is 0 Å². The van der Waals surface area contributed by atoms with Crippen LogP contribution in [0.2, 0.25) is 25.1 Å². The van der Waals surface area contributed by atoms with Crippen LogP contribution in [0.4, 0.5) is 0 Å². The number of benzene rings is 2. The molecule has 0 saturated carbocycles. The largest absolute Gasteiger partial charge is 0.0843 e. The molecule has 0 unspecified atom stereocenters. The Morgan fingerprint density at radius 2 is 1.00 bits per heavy atom. The van der Waals surface area contributed by atoms with Gasteiger partial charge in [-0.05, 0) is 36.8 Å². The Balaban J connectivity index is 2.78. The molecule has 0 bridgehead atoms. The van der Waals surface area contributed by atoms with Crippen molar-refractivity contribution in [2.45, 2.75) is 6.92 Å². The lowest BCUT2D eigenvalue weighted by atomic mass is 10.0. The van der Waals surface area contributed by atoms with Crippen LogP contribution >= 0.6 is 58.0 Å². The standard InChI is InChI=1S/C13H7Cl5/c1-6-2-7(14)3-9(16)12(6)13-10(17)4-8(15)5-11(13)18/h2-5H,1H3. The van der Waals surface area contributed by atoms with E-state index in [-0.39, 0.29) is 0 Å². The molecule has 2 aromatic rings. The Morgan fingerprint density at radius 1 is 0.611 bits per heavy atom. The highest BCUT2D eigenvalue weighted by Crippen LogP contribution is 2.42. The second-order valence-electron chi connectivity index (χ2n) is 3.82. The molecule has 0 atom stereocenters. The molecule has 0 heterocycles. The molecule has 0 aliphatic heterocycles. The zero-order valence-corrected chi connectivity index (χ0v) is 13.0. The van der Waals surface area contributed by atoms with Gasteiger partial charge in [0, 0.05) is 21.2 Å². The summed E-state index contributed by atoms with van der Waals surface area (Å²) >= 11 is 30.4. The van der Waals surface area contributed by atoms with Gasteiger partial charge in [-0.25, -0.2) is 0 Å². The summed E-state index contributed by atoms with van der Waals surface area (Å²) in [6.45, 7) is 1.90. The van der Waals surface area contributed by atoms with Gasteiger partial charge in [0.1, 0.15) is 0 Å². The van der Waals surface area contributed by atoms with Gasteiger partial charge in [0.05, 0.1) is 15.1 Å². The van der Waals surface area contributed by atoms with Crippen LogP contribution in [0.5, 0.6) is 0 Å². The molecular formula is C13H7Cl5. The van der Waals surface area contributed by atoms with Crippen molar-refractivity contribution in [1.82, 2.24) is 0 Å². The summed E-state index contributed by atoms with van der Waals surface area (Å²) in [5.41, 5.74) is 2.34. The van der Waals surface area contributed by atoms with Crippen LogP contribution in [-0.4, -0.2) is 0 Å². The smallest absolute Gasteiger partial charge is 0.0514 e. The Morgan fingerprint density at radius 3 is 1.44 bits per heavy atom. The third kappa shape index (κ3) is 2.74. The second kappa shape index (κ2) is 5.48. The van der Waals surface area contributed by atoms with Gasteiger partial charge in [-0.1, -0.05) is 58.0 Å². The van der Waals surface area contributed by atoms with Crippen molar-refractivity contribution in [3.63, 3.8) is 0 Å². The van der Waals surface area contributed by atoms with Gasteiger partial charge in [-0.2, -0.15) is 0 Å². The van der Waals surface area contributed by atoms with Crippen molar-refractivity contribution in [1.29, 1.82) is 0 Å².